The third-order valence-corrected chi connectivity index (χ3v) is 5.30. The molecule has 1 unspecified atom stereocenters. The SMILES string of the molecule is COc1ccc(F)c(COc2cc(C)cn3c(C(=O)NCC(C)(CF)NC(=O)O)c(C)nc23)c1F. The molecular weight excluding hydrogens is 469 g/mol. The van der Waals surface area contributed by atoms with Crippen LogP contribution in [0.15, 0.2) is 24.4 Å². The molecule has 2 aromatic heterocycles. The lowest BCUT2D eigenvalue weighted by Gasteiger charge is -2.26. The first kappa shape index (κ1) is 25.7. The van der Waals surface area contributed by atoms with Gasteiger partial charge in [0.2, 0.25) is 0 Å². The van der Waals surface area contributed by atoms with Crippen molar-refractivity contribution < 1.29 is 37.3 Å². The van der Waals surface area contributed by atoms with E-state index in [4.69, 9.17) is 14.6 Å². The van der Waals surface area contributed by atoms with Gasteiger partial charge < -0.3 is 25.2 Å². The molecule has 0 aliphatic heterocycles. The summed E-state index contributed by atoms with van der Waals surface area (Å²) in [5.74, 6) is -2.27. The molecule has 0 radical (unpaired) electrons. The summed E-state index contributed by atoms with van der Waals surface area (Å²) >= 11 is 0. The molecule has 9 nitrogen and oxygen atoms in total. The number of methoxy groups -OCH3 is 1. The molecule has 0 spiro atoms. The van der Waals surface area contributed by atoms with Crippen LogP contribution in [0.3, 0.4) is 0 Å². The first-order valence-corrected chi connectivity index (χ1v) is 10.5. The maximum atomic E-state index is 14.5. The van der Waals surface area contributed by atoms with Crippen LogP contribution in [0.1, 0.15) is 34.2 Å². The van der Waals surface area contributed by atoms with Gasteiger partial charge in [0.15, 0.2) is 23.0 Å². The summed E-state index contributed by atoms with van der Waals surface area (Å²) in [5, 5.41) is 13.5. The number of benzene rings is 1. The maximum Gasteiger partial charge on any atom is 0.405 e. The largest absolute Gasteiger partial charge is 0.494 e. The zero-order chi connectivity index (χ0) is 25.9. The number of amides is 2. The number of ether oxygens (including phenoxy) is 2. The number of hydrogen-bond donors (Lipinski definition) is 3. The molecule has 2 heterocycles. The molecular formula is C23H25F3N4O5. The highest BCUT2D eigenvalue weighted by atomic mass is 19.1. The van der Waals surface area contributed by atoms with Crippen LogP contribution in [0, 0.1) is 25.5 Å². The number of hydrogen-bond acceptors (Lipinski definition) is 5. The lowest BCUT2D eigenvalue weighted by atomic mass is 10.1. The fourth-order valence-electron chi connectivity index (χ4n) is 3.50. The molecule has 0 fully saturated rings. The number of nitrogens with zero attached hydrogens (tertiary/aromatic N) is 2. The molecule has 35 heavy (non-hydrogen) atoms. The number of halogens is 3. The number of aryl methyl sites for hydroxylation is 2. The van der Waals surface area contributed by atoms with Crippen molar-refractivity contribution in [3.05, 3.63) is 58.5 Å². The second kappa shape index (κ2) is 10.1. The van der Waals surface area contributed by atoms with Crippen molar-refractivity contribution in [2.24, 2.45) is 0 Å². The van der Waals surface area contributed by atoms with Crippen LogP contribution in [0.4, 0.5) is 18.0 Å². The highest BCUT2D eigenvalue weighted by Crippen LogP contribution is 2.28. The first-order chi connectivity index (χ1) is 16.5. The van der Waals surface area contributed by atoms with Gasteiger partial charge in [-0.2, -0.15) is 0 Å². The Morgan fingerprint density at radius 1 is 1.23 bits per heavy atom. The molecule has 0 saturated carbocycles. The van der Waals surface area contributed by atoms with Crippen LogP contribution in [0.2, 0.25) is 0 Å². The number of alkyl halides is 1. The summed E-state index contributed by atoms with van der Waals surface area (Å²) in [4.78, 5) is 28.2. The first-order valence-electron chi connectivity index (χ1n) is 10.5. The van der Waals surface area contributed by atoms with Crippen molar-refractivity contribution in [3.63, 3.8) is 0 Å². The van der Waals surface area contributed by atoms with Gasteiger partial charge in [0.1, 0.15) is 24.8 Å². The predicted octanol–water partition coefficient (Wildman–Crippen LogP) is 3.54. The molecule has 3 aromatic rings. The molecule has 3 N–H and O–H groups in total. The smallest absolute Gasteiger partial charge is 0.405 e. The van der Waals surface area contributed by atoms with Crippen molar-refractivity contribution in [3.8, 4) is 11.5 Å². The minimum atomic E-state index is -1.52. The van der Waals surface area contributed by atoms with E-state index in [0.29, 0.717) is 11.3 Å². The van der Waals surface area contributed by atoms with Gasteiger partial charge in [-0.15, -0.1) is 0 Å². The van der Waals surface area contributed by atoms with E-state index in [2.05, 4.69) is 10.3 Å². The highest BCUT2D eigenvalue weighted by Gasteiger charge is 2.29. The minimum absolute atomic E-state index is 0.115. The molecule has 0 bridgehead atoms. The van der Waals surface area contributed by atoms with Crippen LogP contribution in [-0.2, 0) is 6.61 Å². The van der Waals surface area contributed by atoms with Gasteiger partial charge in [-0.05, 0) is 44.5 Å². The Labute approximate surface area is 198 Å². The zero-order valence-corrected chi connectivity index (χ0v) is 19.5. The highest BCUT2D eigenvalue weighted by molar-refractivity contribution is 5.95. The Kier molecular flexibility index (Phi) is 7.42. The summed E-state index contributed by atoms with van der Waals surface area (Å²) in [6.45, 7) is 2.80. The molecule has 0 saturated heterocycles. The molecule has 3 rings (SSSR count). The van der Waals surface area contributed by atoms with E-state index >= 15 is 0 Å². The number of fused-ring (bicyclic) bond motifs is 1. The third kappa shape index (κ3) is 5.42. The monoisotopic (exact) mass is 494 g/mol. The van der Waals surface area contributed by atoms with Crippen LogP contribution in [-0.4, -0.2) is 52.4 Å². The average molecular weight is 494 g/mol. The lowest BCUT2D eigenvalue weighted by molar-refractivity contribution is 0.0926. The summed E-state index contributed by atoms with van der Waals surface area (Å²) in [7, 11) is 1.26. The summed E-state index contributed by atoms with van der Waals surface area (Å²) in [5.41, 5.74) is -0.550. The topological polar surface area (TPSA) is 114 Å². The second-order valence-electron chi connectivity index (χ2n) is 8.26. The Hall–Kier alpha value is -3.96. The minimum Gasteiger partial charge on any atom is -0.494 e. The molecule has 12 heteroatoms. The Bertz CT molecular complexity index is 1280. The van der Waals surface area contributed by atoms with E-state index in [9.17, 15) is 22.8 Å². The molecule has 0 aliphatic carbocycles. The van der Waals surface area contributed by atoms with Crippen LogP contribution >= 0.6 is 0 Å². The van der Waals surface area contributed by atoms with Crippen LogP contribution in [0.5, 0.6) is 11.5 Å². The van der Waals surface area contributed by atoms with Gasteiger partial charge in [-0.3, -0.25) is 9.20 Å². The summed E-state index contributed by atoms with van der Waals surface area (Å²) in [6, 6.07) is 3.84. The predicted molar refractivity (Wildman–Crippen MR) is 120 cm³/mol. The van der Waals surface area contributed by atoms with Crippen molar-refractivity contribution >= 4 is 17.6 Å². The standard InChI is InChI=1S/C23H25F3N4O5/c1-12-7-17(35-9-14-15(25)5-6-16(34-4)18(14)26)20-28-13(2)19(30(20)8-12)21(31)27-11-23(3,10-24)29-22(32)33/h5-8,29H,9-11H2,1-4H3,(H,27,31)(H,32,33). The zero-order valence-electron chi connectivity index (χ0n) is 19.5. The average Bonchev–Trinajstić information content (AvgIpc) is 3.12. The molecule has 1 atom stereocenters. The number of rotatable bonds is 9. The Morgan fingerprint density at radius 3 is 2.57 bits per heavy atom. The van der Waals surface area contributed by atoms with Gasteiger partial charge in [-0.25, -0.2) is 22.9 Å². The van der Waals surface area contributed by atoms with Crippen molar-refractivity contribution in [2.45, 2.75) is 32.9 Å². The number of carbonyl (C=O) groups is 2. The van der Waals surface area contributed by atoms with Gasteiger partial charge in [0.05, 0.1) is 23.9 Å². The van der Waals surface area contributed by atoms with E-state index in [1.807, 2.05) is 5.32 Å². The maximum absolute atomic E-state index is 14.5. The fraction of sp³-hybridized carbons (Fsp3) is 0.348. The Morgan fingerprint density at radius 2 is 1.94 bits per heavy atom. The number of aromatic nitrogens is 2. The van der Waals surface area contributed by atoms with E-state index < -0.39 is 42.5 Å². The normalized spacial score (nSPS) is 12.8. The van der Waals surface area contributed by atoms with Gasteiger partial charge >= 0.3 is 6.09 Å². The number of carboxylic acid groups (broad SMARTS) is 1. The fourth-order valence-corrected chi connectivity index (χ4v) is 3.50. The van der Waals surface area contributed by atoms with Crippen LogP contribution < -0.4 is 20.1 Å². The number of pyridine rings is 1. The molecule has 0 aliphatic rings. The molecule has 188 valence electrons. The van der Waals surface area contributed by atoms with Crippen molar-refractivity contribution in [2.75, 3.05) is 20.3 Å². The quantitative estimate of drug-likeness (QED) is 0.419. The van der Waals surface area contributed by atoms with Crippen LogP contribution in [0.25, 0.3) is 5.65 Å². The van der Waals surface area contributed by atoms with E-state index in [-0.39, 0.29) is 34.9 Å². The Balaban J connectivity index is 1.90. The third-order valence-electron chi connectivity index (χ3n) is 5.30. The van der Waals surface area contributed by atoms with Gasteiger partial charge in [0.25, 0.3) is 5.91 Å². The molecule has 2 amide bonds. The summed E-state index contributed by atoms with van der Waals surface area (Å²) in [6.07, 6.45) is 0.194. The summed E-state index contributed by atoms with van der Waals surface area (Å²) < 4.78 is 54.1. The lowest BCUT2D eigenvalue weighted by Crippen LogP contribution is -2.55. The number of nitrogens with one attached hydrogen (secondary N) is 2. The van der Waals surface area contributed by atoms with E-state index in [1.165, 1.54) is 24.5 Å². The van der Waals surface area contributed by atoms with E-state index in [1.54, 1.807) is 26.1 Å². The molecule has 1 aromatic carbocycles. The van der Waals surface area contributed by atoms with Crippen molar-refractivity contribution in [1.29, 1.82) is 0 Å². The van der Waals surface area contributed by atoms with Gasteiger partial charge in [0, 0.05) is 12.7 Å². The van der Waals surface area contributed by atoms with Crippen molar-refractivity contribution in [1.82, 2.24) is 20.0 Å². The number of imidazole rings is 1. The second-order valence-corrected chi connectivity index (χ2v) is 8.26. The number of carbonyl (C=O) groups excluding carboxylic acids is 1. The van der Waals surface area contributed by atoms with Gasteiger partial charge in [-0.1, -0.05) is 0 Å². The van der Waals surface area contributed by atoms with E-state index in [0.717, 1.165) is 6.07 Å².